The molecule has 96 valence electrons. The fraction of sp³-hybridized carbons (Fsp3) is 1.00. The average Bonchev–Trinajstić information content (AvgIpc) is 2.34. The van der Waals surface area contributed by atoms with E-state index in [1.807, 2.05) is 0 Å². The zero-order valence-corrected chi connectivity index (χ0v) is 11.1. The van der Waals surface area contributed by atoms with Gasteiger partial charge in [-0.25, -0.2) is 0 Å². The first kappa shape index (κ1) is 13.9. The van der Waals surface area contributed by atoms with Gasteiger partial charge in [0.1, 0.15) is 0 Å². The third kappa shape index (κ3) is 5.83. The zero-order valence-electron chi connectivity index (χ0n) is 11.1. The highest BCUT2D eigenvalue weighted by Gasteiger charge is 2.11. The lowest BCUT2D eigenvalue weighted by atomic mass is 10.00. The van der Waals surface area contributed by atoms with Crippen LogP contribution in [0.1, 0.15) is 33.1 Å². The predicted octanol–water partition coefficient (Wildman–Crippen LogP) is 1.31. The van der Waals surface area contributed by atoms with Gasteiger partial charge in [-0.05, 0) is 57.9 Å². The fourth-order valence-electron chi connectivity index (χ4n) is 2.39. The van der Waals surface area contributed by atoms with E-state index in [0.29, 0.717) is 0 Å². The van der Waals surface area contributed by atoms with Crippen LogP contribution < -0.4 is 10.6 Å². The summed E-state index contributed by atoms with van der Waals surface area (Å²) in [5.74, 6) is 0.856. The van der Waals surface area contributed by atoms with Crippen LogP contribution in [-0.4, -0.2) is 50.7 Å². The molecule has 0 aromatic rings. The van der Waals surface area contributed by atoms with Crippen LogP contribution in [0.4, 0.5) is 0 Å². The van der Waals surface area contributed by atoms with Crippen molar-refractivity contribution in [3.8, 4) is 0 Å². The molecule has 1 rings (SSSR count). The van der Waals surface area contributed by atoms with Crippen LogP contribution in [0.3, 0.4) is 0 Å². The van der Waals surface area contributed by atoms with Gasteiger partial charge < -0.3 is 15.5 Å². The van der Waals surface area contributed by atoms with Crippen molar-refractivity contribution >= 4 is 0 Å². The maximum atomic E-state index is 3.60. The van der Waals surface area contributed by atoms with Gasteiger partial charge >= 0.3 is 0 Å². The van der Waals surface area contributed by atoms with Crippen LogP contribution in [0, 0.1) is 5.92 Å². The minimum Gasteiger partial charge on any atom is -0.316 e. The highest BCUT2D eigenvalue weighted by molar-refractivity contribution is 4.71. The molecule has 0 aliphatic carbocycles. The van der Waals surface area contributed by atoms with Crippen molar-refractivity contribution in [2.45, 2.75) is 33.1 Å². The Labute approximate surface area is 101 Å². The Balaban J connectivity index is 1.97. The van der Waals surface area contributed by atoms with Gasteiger partial charge in [-0.3, -0.25) is 0 Å². The van der Waals surface area contributed by atoms with Crippen LogP contribution in [0.25, 0.3) is 0 Å². The van der Waals surface area contributed by atoms with Gasteiger partial charge in [0, 0.05) is 13.1 Å². The van der Waals surface area contributed by atoms with Gasteiger partial charge in [0.05, 0.1) is 0 Å². The lowest BCUT2D eigenvalue weighted by molar-refractivity contribution is 0.280. The van der Waals surface area contributed by atoms with Crippen LogP contribution in [0.2, 0.25) is 0 Å². The molecule has 3 nitrogen and oxygen atoms in total. The molecule has 16 heavy (non-hydrogen) atoms. The summed E-state index contributed by atoms with van der Waals surface area (Å²) in [5.41, 5.74) is 0. The number of hydrogen-bond donors (Lipinski definition) is 2. The molecule has 1 fully saturated rings. The first-order valence-corrected chi connectivity index (χ1v) is 7.00. The highest BCUT2D eigenvalue weighted by atomic mass is 15.1. The monoisotopic (exact) mass is 227 g/mol. The fourth-order valence-corrected chi connectivity index (χ4v) is 2.39. The number of piperidine rings is 1. The number of rotatable bonds is 8. The predicted molar refractivity (Wildman–Crippen MR) is 70.9 cm³/mol. The quantitative estimate of drug-likeness (QED) is 0.612. The molecule has 1 unspecified atom stereocenters. The molecule has 1 aliphatic rings. The van der Waals surface area contributed by atoms with E-state index in [9.17, 15) is 0 Å². The maximum absolute atomic E-state index is 3.60. The summed E-state index contributed by atoms with van der Waals surface area (Å²) >= 11 is 0. The minimum atomic E-state index is 0.856. The van der Waals surface area contributed by atoms with Gasteiger partial charge in [0.25, 0.3) is 0 Å². The van der Waals surface area contributed by atoms with Crippen LogP contribution >= 0.6 is 0 Å². The van der Waals surface area contributed by atoms with E-state index in [1.165, 1.54) is 58.5 Å². The van der Waals surface area contributed by atoms with Crippen molar-refractivity contribution < 1.29 is 0 Å². The Morgan fingerprint density at radius 1 is 1.31 bits per heavy atom. The number of nitrogens with one attached hydrogen (secondary N) is 2. The molecule has 1 aliphatic heterocycles. The Morgan fingerprint density at radius 2 is 2.19 bits per heavy atom. The Morgan fingerprint density at radius 3 is 2.81 bits per heavy atom. The molecule has 0 radical (unpaired) electrons. The second kappa shape index (κ2) is 8.97. The van der Waals surface area contributed by atoms with Crippen LogP contribution in [0.5, 0.6) is 0 Å². The highest BCUT2D eigenvalue weighted by Crippen LogP contribution is 2.07. The van der Waals surface area contributed by atoms with E-state index in [2.05, 4.69) is 29.4 Å². The van der Waals surface area contributed by atoms with E-state index < -0.39 is 0 Å². The van der Waals surface area contributed by atoms with Gasteiger partial charge in [-0.2, -0.15) is 0 Å². The summed E-state index contributed by atoms with van der Waals surface area (Å²) in [5, 5.41) is 7.06. The molecular formula is C13H29N3. The Kier molecular flexibility index (Phi) is 7.81. The molecule has 0 saturated carbocycles. The van der Waals surface area contributed by atoms with Crippen LogP contribution in [0.15, 0.2) is 0 Å². The summed E-state index contributed by atoms with van der Waals surface area (Å²) in [6.07, 6.45) is 4.01. The molecule has 1 saturated heterocycles. The lowest BCUT2D eigenvalue weighted by Gasteiger charge is -2.24. The standard InChI is InChI=1S/C13H29N3/c1-3-9-16(4-2)10-8-15-12-13-6-5-7-14-11-13/h13-15H,3-12H2,1-2H3. The molecule has 0 amide bonds. The second-order valence-electron chi connectivity index (χ2n) is 4.85. The van der Waals surface area contributed by atoms with Gasteiger partial charge in [0.15, 0.2) is 0 Å². The Hall–Kier alpha value is -0.120. The van der Waals surface area contributed by atoms with E-state index in [0.717, 1.165) is 12.5 Å². The first-order valence-electron chi connectivity index (χ1n) is 7.00. The third-order valence-electron chi connectivity index (χ3n) is 3.42. The number of hydrogen-bond acceptors (Lipinski definition) is 3. The minimum absolute atomic E-state index is 0.856. The van der Waals surface area contributed by atoms with Crippen molar-refractivity contribution in [3.05, 3.63) is 0 Å². The molecule has 0 spiro atoms. The largest absolute Gasteiger partial charge is 0.316 e. The summed E-state index contributed by atoms with van der Waals surface area (Å²) < 4.78 is 0. The summed E-state index contributed by atoms with van der Waals surface area (Å²) in [6.45, 7) is 12.9. The summed E-state index contributed by atoms with van der Waals surface area (Å²) in [7, 11) is 0. The summed E-state index contributed by atoms with van der Waals surface area (Å²) in [4.78, 5) is 2.52. The van der Waals surface area contributed by atoms with Crippen molar-refractivity contribution in [1.82, 2.24) is 15.5 Å². The molecule has 1 atom stereocenters. The van der Waals surface area contributed by atoms with E-state index in [4.69, 9.17) is 0 Å². The molecule has 3 heteroatoms. The summed E-state index contributed by atoms with van der Waals surface area (Å²) in [6, 6.07) is 0. The second-order valence-corrected chi connectivity index (χ2v) is 4.85. The zero-order chi connectivity index (χ0) is 11.6. The van der Waals surface area contributed by atoms with E-state index in [1.54, 1.807) is 0 Å². The van der Waals surface area contributed by atoms with Crippen LogP contribution in [-0.2, 0) is 0 Å². The number of likely N-dealkylation sites (N-methyl/N-ethyl adjacent to an activating group) is 1. The molecule has 0 aromatic heterocycles. The lowest BCUT2D eigenvalue weighted by Crippen LogP contribution is -2.39. The average molecular weight is 227 g/mol. The molecule has 0 aromatic carbocycles. The SMILES string of the molecule is CCCN(CC)CCNCC1CCCNC1. The van der Waals surface area contributed by atoms with Crippen molar-refractivity contribution in [2.75, 3.05) is 45.8 Å². The van der Waals surface area contributed by atoms with Crippen molar-refractivity contribution in [3.63, 3.8) is 0 Å². The maximum Gasteiger partial charge on any atom is 0.0107 e. The van der Waals surface area contributed by atoms with E-state index in [-0.39, 0.29) is 0 Å². The Bertz CT molecular complexity index is 149. The third-order valence-corrected chi connectivity index (χ3v) is 3.42. The van der Waals surface area contributed by atoms with Crippen molar-refractivity contribution in [2.24, 2.45) is 5.92 Å². The topological polar surface area (TPSA) is 27.3 Å². The van der Waals surface area contributed by atoms with E-state index >= 15 is 0 Å². The van der Waals surface area contributed by atoms with Gasteiger partial charge in [-0.1, -0.05) is 13.8 Å². The van der Waals surface area contributed by atoms with Gasteiger partial charge in [-0.15, -0.1) is 0 Å². The number of nitrogens with zero attached hydrogens (tertiary/aromatic N) is 1. The molecule has 1 heterocycles. The normalized spacial score (nSPS) is 21.6. The van der Waals surface area contributed by atoms with Crippen molar-refractivity contribution in [1.29, 1.82) is 0 Å². The smallest absolute Gasteiger partial charge is 0.0107 e. The van der Waals surface area contributed by atoms with Gasteiger partial charge in [0.2, 0.25) is 0 Å². The molecular weight excluding hydrogens is 198 g/mol. The molecule has 0 bridgehead atoms. The first-order chi connectivity index (χ1) is 7.86. The molecule has 2 N–H and O–H groups in total.